The molecule has 21 heavy (non-hydrogen) atoms. The molecule has 2 aromatic heterocycles. The summed E-state index contributed by atoms with van der Waals surface area (Å²) in [7, 11) is 0. The first kappa shape index (κ1) is 13.8. The van der Waals surface area contributed by atoms with Crippen molar-refractivity contribution in [3.63, 3.8) is 0 Å². The van der Waals surface area contributed by atoms with E-state index in [-0.39, 0.29) is 12.3 Å². The number of benzene rings is 1. The number of hydrogen-bond acceptors (Lipinski definition) is 4. The molecule has 0 atom stereocenters. The van der Waals surface area contributed by atoms with Gasteiger partial charge in [0.25, 0.3) is 0 Å². The first-order valence-electron chi connectivity index (χ1n) is 6.72. The van der Waals surface area contributed by atoms with Crippen molar-refractivity contribution in [2.45, 2.75) is 27.2 Å². The summed E-state index contributed by atoms with van der Waals surface area (Å²) < 4.78 is 5.68. The fraction of sp³-hybridized carbons (Fsp3) is 0.250. The van der Waals surface area contributed by atoms with Crippen LogP contribution < -0.4 is 5.32 Å². The molecule has 0 aliphatic heterocycles. The van der Waals surface area contributed by atoms with E-state index in [1.807, 2.05) is 19.2 Å². The van der Waals surface area contributed by atoms with Crippen LogP contribution in [0.2, 0.25) is 0 Å². The lowest BCUT2D eigenvalue weighted by molar-refractivity contribution is -0.115. The molecule has 5 heteroatoms. The van der Waals surface area contributed by atoms with E-state index in [0.29, 0.717) is 5.13 Å². The van der Waals surface area contributed by atoms with Crippen molar-refractivity contribution in [3.8, 4) is 0 Å². The molecule has 0 spiro atoms. The van der Waals surface area contributed by atoms with Gasteiger partial charge in [-0.3, -0.25) is 4.79 Å². The number of thiazole rings is 1. The molecule has 3 rings (SSSR count). The predicted octanol–water partition coefficient (Wildman–Crippen LogP) is 4.00. The number of rotatable bonds is 3. The molecule has 3 aromatic rings. The summed E-state index contributed by atoms with van der Waals surface area (Å²) in [5.74, 6) is -0.0784. The first-order chi connectivity index (χ1) is 10.1. The lowest BCUT2D eigenvalue weighted by atomic mass is 9.99. The van der Waals surface area contributed by atoms with Crippen molar-refractivity contribution < 1.29 is 9.21 Å². The molecule has 0 saturated heterocycles. The Bertz CT molecular complexity index is 803. The van der Waals surface area contributed by atoms with E-state index in [1.54, 1.807) is 12.5 Å². The second kappa shape index (κ2) is 5.33. The number of aromatic nitrogens is 1. The highest BCUT2D eigenvalue weighted by Gasteiger charge is 2.15. The SMILES string of the molecule is Cc1cc(C)c2c(CC(=O)Nc3nccs3)coc2c1C. The molecular weight excluding hydrogens is 284 g/mol. The molecule has 1 aromatic carbocycles. The van der Waals surface area contributed by atoms with Crippen LogP contribution in [-0.4, -0.2) is 10.9 Å². The van der Waals surface area contributed by atoms with Crippen molar-refractivity contribution in [2.24, 2.45) is 0 Å². The minimum atomic E-state index is -0.0784. The summed E-state index contributed by atoms with van der Waals surface area (Å²) in [6.07, 6.45) is 3.64. The minimum absolute atomic E-state index is 0.0784. The van der Waals surface area contributed by atoms with Gasteiger partial charge in [-0.15, -0.1) is 11.3 Å². The van der Waals surface area contributed by atoms with Gasteiger partial charge in [-0.05, 0) is 37.5 Å². The molecule has 0 radical (unpaired) electrons. The molecule has 0 aliphatic carbocycles. The summed E-state index contributed by atoms with van der Waals surface area (Å²) in [5.41, 5.74) is 5.26. The standard InChI is InChI=1S/C16H16N2O2S/c1-9-6-10(2)14-12(8-20-15(14)11(9)3)7-13(19)18-16-17-4-5-21-16/h4-6,8H,7H2,1-3H3,(H,17,18,19). The fourth-order valence-corrected chi connectivity index (χ4v) is 3.08. The number of aryl methyl sites for hydroxylation is 3. The van der Waals surface area contributed by atoms with Crippen LogP contribution in [0.5, 0.6) is 0 Å². The van der Waals surface area contributed by atoms with Crippen LogP contribution in [0.1, 0.15) is 22.3 Å². The van der Waals surface area contributed by atoms with Gasteiger partial charge in [-0.1, -0.05) is 6.07 Å². The normalized spacial score (nSPS) is 11.0. The third-order valence-corrected chi connectivity index (χ3v) is 4.34. The maximum Gasteiger partial charge on any atom is 0.230 e. The number of carbonyl (C=O) groups is 1. The Morgan fingerprint density at radius 2 is 2.14 bits per heavy atom. The molecule has 0 bridgehead atoms. The maximum atomic E-state index is 12.1. The van der Waals surface area contributed by atoms with Crippen molar-refractivity contribution >= 4 is 33.3 Å². The Morgan fingerprint density at radius 3 is 2.86 bits per heavy atom. The molecule has 1 N–H and O–H groups in total. The molecule has 0 fully saturated rings. The van der Waals surface area contributed by atoms with Gasteiger partial charge >= 0.3 is 0 Å². The number of hydrogen-bond donors (Lipinski definition) is 1. The van der Waals surface area contributed by atoms with E-state index in [2.05, 4.69) is 23.3 Å². The zero-order chi connectivity index (χ0) is 15.0. The predicted molar refractivity (Wildman–Crippen MR) is 84.9 cm³/mol. The van der Waals surface area contributed by atoms with Crippen LogP contribution in [0.3, 0.4) is 0 Å². The molecule has 4 nitrogen and oxygen atoms in total. The van der Waals surface area contributed by atoms with Crippen LogP contribution in [0.25, 0.3) is 11.0 Å². The molecule has 1 amide bonds. The lowest BCUT2D eigenvalue weighted by Gasteiger charge is -2.06. The first-order valence-corrected chi connectivity index (χ1v) is 7.60. The van der Waals surface area contributed by atoms with Crippen LogP contribution in [0.15, 0.2) is 28.3 Å². The van der Waals surface area contributed by atoms with Crippen LogP contribution in [0, 0.1) is 20.8 Å². The third kappa shape index (κ3) is 2.56. The molecule has 0 saturated carbocycles. The van der Waals surface area contributed by atoms with Gasteiger partial charge < -0.3 is 9.73 Å². The number of nitrogens with zero attached hydrogens (tertiary/aromatic N) is 1. The summed E-state index contributed by atoms with van der Waals surface area (Å²) in [5, 5.41) is 6.30. The quantitative estimate of drug-likeness (QED) is 0.795. The zero-order valence-corrected chi connectivity index (χ0v) is 13.0. The summed E-state index contributed by atoms with van der Waals surface area (Å²) in [6, 6.07) is 2.13. The molecule has 2 heterocycles. The topological polar surface area (TPSA) is 55.1 Å². The molecule has 0 unspecified atom stereocenters. The maximum absolute atomic E-state index is 12.1. The van der Waals surface area contributed by atoms with Gasteiger partial charge in [-0.25, -0.2) is 4.98 Å². The number of furan rings is 1. The highest BCUT2D eigenvalue weighted by atomic mass is 32.1. The largest absolute Gasteiger partial charge is 0.464 e. The average Bonchev–Trinajstić information content (AvgIpc) is 3.06. The monoisotopic (exact) mass is 300 g/mol. The van der Waals surface area contributed by atoms with E-state index in [9.17, 15) is 4.79 Å². The molecule has 108 valence electrons. The number of amides is 1. The number of nitrogens with one attached hydrogen (secondary N) is 1. The fourth-order valence-electron chi connectivity index (χ4n) is 2.54. The van der Waals surface area contributed by atoms with E-state index in [1.165, 1.54) is 16.9 Å². The summed E-state index contributed by atoms with van der Waals surface area (Å²) in [4.78, 5) is 16.2. The Hall–Kier alpha value is -2.14. The van der Waals surface area contributed by atoms with E-state index >= 15 is 0 Å². The van der Waals surface area contributed by atoms with Crippen molar-refractivity contribution in [1.82, 2.24) is 4.98 Å². The Kier molecular flexibility index (Phi) is 3.51. The Balaban J connectivity index is 1.91. The third-order valence-electron chi connectivity index (χ3n) is 3.66. The van der Waals surface area contributed by atoms with E-state index in [0.717, 1.165) is 27.7 Å². The van der Waals surface area contributed by atoms with Crippen molar-refractivity contribution in [2.75, 3.05) is 5.32 Å². The average molecular weight is 300 g/mol. The van der Waals surface area contributed by atoms with Crippen LogP contribution >= 0.6 is 11.3 Å². The summed E-state index contributed by atoms with van der Waals surface area (Å²) >= 11 is 1.41. The number of fused-ring (bicyclic) bond motifs is 1. The number of carbonyl (C=O) groups excluding carboxylic acids is 1. The van der Waals surface area contributed by atoms with Gasteiger partial charge in [0.2, 0.25) is 5.91 Å². The molecule has 0 aliphatic rings. The second-order valence-corrected chi connectivity index (χ2v) is 6.06. The van der Waals surface area contributed by atoms with Gasteiger partial charge in [0.1, 0.15) is 5.58 Å². The molecular formula is C16H16N2O2S. The van der Waals surface area contributed by atoms with Crippen LogP contribution in [0.4, 0.5) is 5.13 Å². The summed E-state index contributed by atoms with van der Waals surface area (Å²) in [6.45, 7) is 6.16. The second-order valence-electron chi connectivity index (χ2n) is 5.16. The minimum Gasteiger partial charge on any atom is -0.464 e. The smallest absolute Gasteiger partial charge is 0.230 e. The van der Waals surface area contributed by atoms with Gasteiger partial charge in [0.05, 0.1) is 12.7 Å². The van der Waals surface area contributed by atoms with Gasteiger partial charge in [0.15, 0.2) is 5.13 Å². The highest BCUT2D eigenvalue weighted by molar-refractivity contribution is 7.13. The Morgan fingerprint density at radius 1 is 1.33 bits per heavy atom. The lowest BCUT2D eigenvalue weighted by Crippen LogP contribution is -2.14. The van der Waals surface area contributed by atoms with Crippen molar-refractivity contribution in [1.29, 1.82) is 0 Å². The van der Waals surface area contributed by atoms with E-state index in [4.69, 9.17) is 4.42 Å². The van der Waals surface area contributed by atoms with Gasteiger partial charge in [0, 0.05) is 22.5 Å². The number of anilines is 1. The zero-order valence-electron chi connectivity index (χ0n) is 12.2. The van der Waals surface area contributed by atoms with Gasteiger partial charge in [-0.2, -0.15) is 0 Å². The Labute approximate surface area is 126 Å². The van der Waals surface area contributed by atoms with Crippen LogP contribution in [-0.2, 0) is 11.2 Å². The highest BCUT2D eigenvalue weighted by Crippen LogP contribution is 2.30. The van der Waals surface area contributed by atoms with Crippen molar-refractivity contribution in [3.05, 3.63) is 46.2 Å². The van der Waals surface area contributed by atoms with E-state index < -0.39 is 0 Å².